The smallest absolute Gasteiger partial charge is 0.238 e. The van der Waals surface area contributed by atoms with Crippen LogP contribution in [0.25, 0.3) is 10.8 Å². The van der Waals surface area contributed by atoms with Gasteiger partial charge >= 0.3 is 0 Å². The van der Waals surface area contributed by atoms with E-state index in [9.17, 15) is 4.79 Å². The molecule has 0 spiro atoms. The van der Waals surface area contributed by atoms with Gasteiger partial charge in [0.15, 0.2) is 0 Å². The average molecular weight is 201 g/mol. The second-order valence-electron chi connectivity index (χ2n) is 3.19. The zero-order valence-corrected chi connectivity index (χ0v) is 8.10. The van der Waals surface area contributed by atoms with Crippen LogP contribution in [0, 0.1) is 0 Å². The van der Waals surface area contributed by atoms with Crippen LogP contribution in [0.3, 0.4) is 0 Å². The highest BCUT2D eigenvalue weighted by Gasteiger charge is 1.99. The molecule has 4 nitrogen and oxygen atoms in total. The molecule has 0 fully saturated rings. The van der Waals surface area contributed by atoms with E-state index in [1.165, 1.54) is 0 Å². The topological polar surface area (TPSA) is 68.0 Å². The Kier molecular flexibility index (Phi) is 2.60. The van der Waals surface area contributed by atoms with Crippen LogP contribution in [-0.4, -0.2) is 17.4 Å². The normalized spacial score (nSPS) is 10.2. The summed E-state index contributed by atoms with van der Waals surface area (Å²) in [5.74, 6) is -0.196. The summed E-state index contributed by atoms with van der Waals surface area (Å²) in [6, 6.07) is 7.57. The van der Waals surface area contributed by atoms with Crippen molar-refractivity contribution in [1.29, 1.82) is 0 Å². The summed E-state index contributed by atoms with van der Waals surface area (Å²) in [4.78, 5) is 15.1. The Balaban J connectivity index is 2.34. The third-order valence-corrected chi connectivity index (χ3v) is 2.11. The predicted octanol–water partition coefficient (Wildman–Crippen LogP) is 1.13. The van der Waals surface area contributed by atoms with Gasteiger partial charge in [-0.3, -0.25) is 9.78 Å². The van der Waals surface area contributed by atoms with Gasteiger partial charge in [-0.1, -0.05) is 6.07 Å². The first-order chi connectivity index (χ1) is 7.29. The maximum absolute atomic E-state index is 11.1. The lowest BCUT2D eigenvalue weighted by Gasteiger charge is -2.04. The Hall–Kier alpha value is -1.94. The van der Waals surface area contributed by atoms with Gasteiger partial charge in [0.2, 0.25) is 5.91 Å². The number of hydrogen-bond acceptors (Lipinski definition) is 3. The number of anilines is 1. The molecule has 0 aliphatic heterocycles. The molecule has 1 heterocycles. The van der Waals surface area contributed by atoms with Gasteiger partial charge in [-0.15, -0.1) is 0 Å². The second-order valence-corrected chi connectivity index (χ2v) is 3.19. The predicted molar refractivity (Wildman–Crippen MR) is 59.4 cm³/mol. The summed E-state index contributed by atoms with van der Waals surface area (Å²) < 4.78 is 0. The monoisotopic (exact) mass is 201 g/mol. The first kappa shape index (κ1) is 9.61. The minimum Gasteiger partial charge on any atom is -0.325 e. The summed E-state index contributed by atoms with van der Waals surface area (Å²) in [7, 11) is 0. The molecule has 1 aromatic heterocycles. The van der Waals surface area contributed by atoms with Gasteiger partial charge < -0.3 is 11.1 Å². The second kappa shape index (κ2) is 4.06. The van der Waals surface area contributed by atoms with Crippen molar-refractivity contribution >= 4 is 22.4 Å². The van der Waals surface area contributed by atoms with E-state index in [-0.39, 0.29) is 12.5 Å². The van der Waals surface area contributed by atoms with Crippen LogP contribution in [0.2, 0.25) is 0 Å². The highest BCUT2D eigenvalue weighted by atomic mass is 16.1. The lowest BCUT2D eigenvalue weighted by Crippen LogP contribution is -2.21. The molecule has 2 rings (SSSR count). The highest BCUT2D eigenvalue weighted by molar-refractivity contribution is 5.95. The molecule has 0 bridgehead atoms. The summed E-state index contributed by atoms with van der Waals surface area (Å²) >= 11 is 0. The number of hydrogen-bond donors (Lipinski definition) is 2. The molecule has 0 saturated heterocycles. The molecule has 1 aromatic carbocycles. The Labute approximate surface area is 87.1 Å². The molecule has 15 heavy (non-hydrogen) atoms. The van der Waals surface area contributed by atoms with Gasteiger partial charge in [-0.25, -0.2) is 0 Å². The van der Waals surface area contributed by atoms with E-state index in [1.807, 2.05) is 24.3 Å². The first-order valence-corrected chi connectivity index (χ1v) is 4.63. The van der Waals surface area contributed by atoms with Crippen molar-refractivity contribution in [2.24, 2.45) is 5.73 Å². The molecule has 0 aliphatic carbocycles. The van der Waals surface area contributed by atoms with Crippen LogP contribution in [0.4, 0.5) is 5.69 Å². The summed E-state index contributed by atoms with van der Waals surface area (Å²) in [5.41, 5.74) is 5.95. The Morgan fingerprint density at radius 1 is 1.33 bits per heavy atom. The van der Waals surface area contributed by atoms with Crippen molar-refractivity contribution in [1.82, 2.24) is 4.98 Å². The van der Waals surface area contributed by atoms with E-state index in [1.54, 1.807) is 12.4 Å². The SMILES string of the molecule is NCC(=O)Nc1ccc2ccncc2c1. The van der Waals surface area contributed by atoms with Crippen LogP contribution in [-0.2, 0) is 4.79 Å². The third kappa shape index (κ3) is 2.11. The number of nitrogens with one attached hydrogen (secondary N) is 1. The number of aromatic nitrogens is 1. The molecule has 3 N–H and O–H groups in total. The number of fused-ring (bicyclic) bond motifs is 1. The Bertz CT molecular complexity index is 496. The maximum Gasteiger partial charge on any atom is 0.238 e. The number of carbonyl (C=O) groups is 1. The van der Waals surface area contributed by atoms with Gasteiger partial charge in [0, 0.05) is 23.5 Å². The van der Waals surface area contributed by atoms with Gasteiger partial charge in [0.1, 0.15) is 0 Å². The lowest BCUT2D eigenvalue weighted by atomic mass is 10.1. The molecule has 0 unspecified atom stereocenters. The molecule has 76 valence electrons. The fourth-order valence-corrected chi connectivity index (χ4v) is 1.37. The summed E-state index contributed by atoms with van der Waals surface area (Å²) in [6.45, 7) is -0.00885. The van der Waals surface area contributed by atoms with E-state index in [0.29, 0.717) is 0 Å². The lowest BCUT2D eigenvalue weighted by molar-refractivity contribution is -0.114. The summed E-state index contributed by atoms with van der Waals surface area (Å²) in [6.07, 6.45) is 3.49. The fourth-order valence-electron chi connectivity index (χ4n) is 1.37. The van der Waals surface area contributed by atoms with Crippen LogP contribution in [0.1, 0.15) is 0 Å². The van der Waals surface area contributed by atoms with Crippen molar-refractivity contribution < 1.29 is 4.79 Å². The van der Waals surface area contributed by atoms with Crippen LogP contribution in [0.15, 0.2) is 36.7 Å². The number of rotatable bonds is 2. The first-order valence-electron chi connectivity index (χ1n) is 4.63. The van der Waals surface area contributed by atoms with Gasteiger partial charge in [0.25, 0.3) is 0 Å². The molecular formula is C11H11N3O. The Morgan fingerprint density at radius 3 is 3.00 bits per heavy atom. The number of amides is 1. The average Bonchev–Trinajstić information content (AvgIpc) is 2.29. The number of carbonyl (C=O) groups excluding carboxylic acids is 1. The van der Waals surface area contributed by atoms with Gasteiger partial charge in [-0.2, -0.15) is 0 Å². The van der Waals surface area contributed by atoms with Crippen molar-refractivity contribution in [2.45, 2.75) is 0 Å². The van der Waals surface area contributed by atoms with Crippen LogP contribution in [0.5, 0.6) is 0 Å². The number of nitrogens with zero attached hydrogens (tertiary/aromatic N) is 1. The molecule has 2 aromatic rings. The molecule has 4 heteroatoms. The minimum atomic E-state index is -0.196. The molecule has 1 amide bonds. The number of pyridine rings is 1. The molecular weight excluding hydrogens is 190 g/mol. The molecule has 0 aliphatic rings. The zero-order chi connectivity index (χ0) is 10.7. The molecule has 0 radical (unpaired) electrons. The van der Waals surface area contributed by atoms with Crippen molar-refractivity contribution in [3.05, 3.63) is 36.7 Å². The minimum absolute atomic E-state index is 0.00885. The number of nitrogens with two attached hydrogens (primary N) is 1. The number of benzene rings is 1. The van der Waals surface area contributed by atoms with Gasteiger partial charge in [-0.05, 0) is 23.6 Å². The molecule has 0 atom stereocenters. The van der Waals surface area contributed by atoms with Crippen molar-refractivity contribution in [3.8, 4) is 0 Å². The van der Waals surface area contributed by atoms with E-state index in [4.69, 9.17) is 5.73 Å². The van der Waals surface area contributed by atoms with Crippen LogP contribution >= 0.6 is 0 Å². The quantitative estimate of drug-likeness (QED) is 0.765. The van der Waals surface area contributed by atoms with Crippen molar-refractivity contribution in [3.63, 3.8) is 0 Å². The largest absolute Gasteiger partial charge is 0.325 e. The highest BCUT2D eigenvalue weighted by Crippen LogP contribution is 2.17. The standard InChI is InChI=1S/C11H11N3O/c12-6-11(15)14-10-2-1-8-3-4-13-7-9(8)5-10/h1-5,7H,6,12H2,(H,14,15). The van der Waals surface area contributed by atoms with E-state index in [2.05, 4.69) is 10.3 Å². The van der Waals surface area contributed by atoms with E-state index >= 15 is 0 Å². The maximum atomic E-state index is 11.1. The van der Waals surface area contributed by atoms with Crippen molar-refractivity contribution in [2.75, 3.05) is 11.9 Å². The molecule has 0 saturated carbocycles. The van der Waals surface area contributed by atoms with Gasteiger partial charge in [0.05, 0.1) is 6.54 Å². The van der Waals surface area contributed by atoms with Crippen LogP contribution < -0.4 is 11.1 Å². The Morgan fingerprint density at radius 2 is 2.20 bits per heavy atom. The van der Waals surface area contributed by atoms with E-state index in [0.717, 1.165) is 16.5 Å². The zero-order valence-electron chi connectivity index (χ0n) is 8.10. The fraction of sp³-hybridized carbons (Fsp3) is 0.0909. The van der Waals surface area contributed by atoms with E-state index < -0.39 is 0 Å². The third-order valence-electron chi connectivity index (χ3n) is 2.11. The summed E-state index contributed by atoms with van der Waals surface area (Å²) in [5, 5.41) is 4.78.